The van der Waals surface area contributed by atoms with Crippen molar-refractivity contribution in [3.05, 3.63) is 188 Å². The molecule has 0 radical (unpaired) electrons. The average molecular weight is 744 g/mol. The third kappa shape index (κ3) is 4.03. The van der Waals surface area contributed by atoms with Gasteiger partial charge < -0.3 is 8.83 Å². The van der Waals surface area contributed by atoms with E-state index in [-0.39, 0.29) is 0 Å². The highest BCUT2D eigenvalue weighted by atomic mass is 79.9. The Labute approximate surface area is 293 Å². The van der Waals surface area contributed by atoms with Crippen LogP contribution < -0.4 is 10.8 Å². The number of furan rings is 2. The Morgan fingerprint density at radius 3 is 1.12 bits per heavy atom. The second kappa shape index (κ2) is 10.7. The van der Waals surface area contributed by atoms with E-state index in [1.54, 1.807) is 0 Å². The summed E-state index contributed by atoms with van der Waals surface area (Å²) in [6.07, 6.45) is 0. The molecule has 0 N–H and O–H groups in total. The van der Waals surface area contributed by atoms with Crippen LogP contribution in [0.3, 0.4) is 0 Å². The smallest absolute Gasteiger partial charge is 0.147 e. The molecule has 0 atom stereocenters. The average Bonchev–Trinajstić information content (AvgIpc) is 3.86. The van der Waals surface area contributed by atoms with Gasteiger partial charge in [0, 0.05) is 31.2 Å². The molecule has 2 aliphatic rings. The van der Waals surface area contributed by atoms with E-state index in [1.807, 2.05) is 12.1 Å². The maximum absolute atomic E-state index is 7.27. The maximum atomic E-state index is 7.27. The minimum atomic E-state index is 0.795. The van der Waals surface area contributed by atoms with Gasteiger partial charge in [0.05, 0.1) is 10.8 Å². The Morgan fingerprint density at radius 2 is 0.688 bits per heavy atom. The van der Waals surface area contributed by atoms with Crippen LogP contribution in [0, 0.1) is 0 Å². The van der Waals surface area contributed by atoms with Crippen LogP contribution in [0.4, 0.5) is 0 Å². The second-order valence-corrected chi connectivity index (χ2v) is 14.1. The number of halogens is 2. The van der Waals surface area contributed by atoms with E-state index in [0.717, 1.165) is 86.6 Å². The highest BCUT2D eigenvalue weighted by Gasteiger charge is 2.32. The molecule has 226 valence electrons. The molecule has 10 rings (SSSR count). The minimum absolute atomic E-state index is 0.795. The summed E-state index contributed by atoms with van der Waals surface area (Å²) in [5.41, 5.74) is 15.1. The summed E-state index contributed by atoms with van der Waals surface area (Å²) in [5, 5.41) is 1.95. The number of hydrogen-bond acceptors (Lipinski definition) is 2. The van der Waals surface area contributed by atoms with Crippen molar-refractivity contribution in [2.45, 2.75) is 0 Å². The molecular weight excluding hydrogens is 720 g/mol. The molecule has 2 heterocycles. The first-order valence-corrected chi connectivity index (χ1v) is 17.5. The first-order valence-electron chi connectivity index (χ1n) is 15.9. The van der Waals surface area contributed by atoms with E-state index in [0.29, 0.717) is 0 Å². The number of hydrogen-bond donors (Lipinski definition) is 0. The predicted molar refractivity (Wildman–Crippen MR) is 201 cm³/mol. The molecule has 0 saturated carbocycles. The van der Waals surface area contributed by atoms with Gasteiger partial charge in [-0.05, 0) is 68.8 Å². The fraction of sp³-hybridized carbons (Fsp3) is 0. The molecule has 0 amide bonds. The summed E-state index contributed by atoms with van der Waals surface area (Å²) in [4.78, 5) is 0. The molecule has 6 aromatic carbocycles. The lowest BCUT2D eigenvalue weighted by molar-refractivity contribution is 0.528. The van der Waals surface area contributed by atoms with Crippen molar-refractivity contribution >= 4 is 53.8 Å². The van der Waals surface area contributed by atoms with Gasteiger partial charge in [-0.25, -0.2) is 0 Å². The SMILES string of the molecule is Brc1ccc2c(c1)C(=c1oc(-c3ccccc3)c3c(=C4c5ccccc5-c5ccccc54)oc(-c4ccccc4)c13)c1cc(Br)ccc1-2. The van der Waals surface area contributed by atoms with Crippen molar-refractivity contribution in [1.29, 1.82) is 0 Å². The molecule has 2 aliphatic carbocycles. The van der Waals surface area contributed by atoms with Crippen LogP contribution in [-0.2, 0) is 0 Å². The fourth-order valence-corrected chi connectivity index (χ4v) is 8.30. The van der Waals surface area contributed by atoms with Gasteiger partial charge in [0.1, 0.15) is 22.4 Å². The van der Waals surface area contributed by atoms with Gasteiger partial charge in [0.15, 0.2) is 0 Å². The van der Waals surface area contributed by atoms with Crippen LogP contribution in [0.5, 0.6) is 0 Å². The lowest BCUT2D eigenvalue weighted by atomic mass is 9.99. The summed E-state index contributed by atoms with van der Waals surface area (Å²) in [5.74, 6) is 1.59. The normalized spacial score (nSPS) is 12.7. The monoisotopic (exact) mass is 742 g/mol. The van der Waals surface area contributed by atoms with Crippen LogP contribution in [0.25, 0.3) is 66.8 Å². The standard InChI is InChI=1S/C44H24Br2O2/c45-27-19-21-31-32-22-20-28(46)24-36(32)38(35(31)23-27)44-40-39(41(48-44)25-11-3-1-4-12-25)43(47-42(40)26-13-5-2-6-14-26)37-33-17-9-7-15-29(33)30-16-8-10-18-34(30)37/h1-24H. The molecule has 4 heteroatoms. The Kier molecular flexibility index (Phi) is 6.21. The third-order valence-corrected chi connectivity index (χ3v) is 10.6. The van der Waals surface area contributed by atoms with E-state index in [1.165, 1.54) is 22.3 Å². The highest BCUT2D eigenvalue weighted by molar-refractivity contribution is 9.10. The molecule has 0 bridgehead atoms. The molecule has 8 aromatic rings. The molecule has 0 fully saturated rings. The van der Waals surface area contributed by atoms with Gasteiger partial charge in [-0.2, -0.15) is 0 Å². The van der Waals surface area contributed by atoms with Crippen LogP contribution in [0.15, 0.2) is 163 Å². The van der Waals surface area contributed by atoms with Crippen molar-refractivity contribution in [1.82, 2.24) is 0 Å². The largest absolute Gasteiger partial charge is 0.454 e. The Morgan fingerprint density at radius 1 is 0.333 bits per heavy atom. The van der Waals surface area contributed by atoms with Gasteiger partial charge in [-0.15, -0.1) is 0 Å². The van der Waals surface area contributed by atoms with Gasteiger partial charge in [-0.1, -0.05) is 153 Å². The Hall–Kier alpha value is -5.16. The van der Waals surface area contributed by atoms with Crippen LogP contribution >= 0.6 is 31.9 Å². The first kappa shape index (κ1) is 27.9. The van der Waals surface area contributed by atoms with Crippen LogP contribution in [0.2, 0.25) is 0 Å². The van der Waals surface area contributed by atoms with Gasteiger partial charge in [-0.3, -0.25) is 0 Å². The lowest BCUT2D eigenvalue weighted by Crippen LogP contribution is -2.05. The van der Waals surface area contributed by atoms with Gasteiger partial charge >= 0.3 is 0 Å². The number of rotatable bonds is 2. The molecule has 0 aliphatic heterocycles. The van der Waals surface area contributed by atoms with Crippen molar-refractivity contribution in [2.24, 2.45) is 0 Å². The van der Waals surface area contributed by atoms with E-state index in [4.69, 9.17) is 8.83 Å². The number of fused-ring (bicyclic) bond motifs is 7. The zero-order valence-corrected chi connectivity index (χ0v) is 28.6. The zero-order valence-electron chi connectivity index (χ0n) is 25.4. The third-order valence-electron chi connectivity index (χ3n) is 9.57. The summed E-state index contributed by atoms with van der Waals surface area (Å²) < 4.78 is 16.5. The molecule has 0 saturated heterocycles. The molecule has 0 spiro atoms. The summed E-state index contributed by atoms with van der Waals surface area (Å²) in [7, 11) is 0. The van der Waals surface area contributed by atoms with Crippen molar-refractivity contribution in [3.8, 4) is 44.9 Å². The van der Waals surface area contributed by atoms with E-state index >= 15 is 0 Å². The highest BCUT2D eigenvalue weighted by Crippen LogP contribution is 2.47. The summed E-state index contributed by atoms with van der Waals surface area (Å²) in [6.45, 7) is 0. The quantitative estimate of drug-likeness (QED) is 0.176. The maximum Gasteiger partial charge on any atom is 0.147 e. The van der Waals surface area contributed by atoms with E-state index in [9.17, 15) is 0 Å². The topological polar surface area (TPSA) is 26.3 Å². The fourth-order valence-electron chi connectivity index (χ4n) is 7.57. The molecule has 0 unspecified atom stereocenters. The van der Waals surface area contributed by atoms with E-state index < -0.39 is 0 Å². The van der Waals surface area contributed by atoms with Gasteiger partial charge in [0.2, 0.25) is 0 Å². The predicted octanol–water partition coefficient (Wildman–Crippen LogP) is 11.3. The molecule has 48 heavy (non-hydrogen) atoms. The van der Waals surface area contributed by atoms with E-state index in [2.05, 4.69) is 165 Å². The van der Waals surface area contributed by atoms with Crippen LogP contribution in [0.1, 0.15) is 22.3 Å². The van der Waals surface area contributed by atoms with Crippen molar-refractivity contribution in [3.63, 3.8) is 0 Å². The Balaban J connectivity index is 1.49. The van der Waals surface area contributed by atoms with Crippen LogP contribution in [-0.4, -0.2) is 0 Å². The van der Waals surface area contributed by atoms with Crippen molar-refractivity contribution < 1.29 is 8.83 Å². The minimum Gasteiger partial charge on any atom is -0.454 e. The number of benzene rings is 6. The first-order chi connectivity index (χ1) is 23.7. The van der Waals surface area contributed by atoms with Gasteiger partial charge in [0.25, 0.3) is 0 Å². The Bertz CT molecular complexity index is 2600. The van der Waals surface area contributed by atoms with Crippen molar-refractivity contribution in [2.75, 3.05) is 0 Å². The molecular formula is C44H24Br2O2. The second-order valence-electron chi connectivity index (χ2n) is 12.2. The zero-order chi connectivity index (χ0) is 31.9. The lowest BCUT2D eigenvalue weighted by Gasteiger charge is -2.04. The molecule has 2 nitrogen and oxygen atoms in total. The molecule has 2 aromatic heterocycles. The summed E-state index contributed by atoms with van der Waals surface area (Å²) >= 11 is 7.54. The summed E-state index contributed by atoms with van der Waals surface area (Å²) in [6, 6.07) is 51.1.